The predicted molar refractivity (Wildman–Crippen MR) is 105 cm³/mol. The Labute approximate surface area is 156 Å². The summed E-state index contributed by atoms with van der Waals surface area (Å²) in [5, 5.41) is 0. The number of hydrogen-bond donors (Lipinski definition) is 0. The predicted octanol–water partition coefficient (Wildman–Crippen LogP) is 5.62. The van der Waals surface area contributed by atoms with Crippen molar-refractivity contribution < 1.29 is 9.47 Å². The van der Waals surface area contributed by atoms with Crippen molar-refractivity contribution in [3.8, 4) is 23.0 Å². The summed E-state index contributed by atoms with van der Waals surface area (Å²) in [4.78, 5) is 4.86. The molecular formula is C22H28N2O2. The van der Waals surface area contributed by atoms with Gasteiger partial charge in [0.15, 0.2) is 23.0 Å². The zero-order chi connectivity index (χ0) is 18.3. The van der Waals surface area contributed by atoms with Gasteiger partial charge in [-0.15, -0.1) is 0 Å². The minimum Gasteiger partial charge on any atom is -0.449 e. The maximum atomic E-state index is 6.14. The number of benzene rings is 2. The number of nitrogens with zero attached hydrogens (tertiary/aromatic N) is 2. The van der Waals surface area contributed by atoms with Gasteiger partial charge >= 0.3 is 0 Å². The molecule has 2 heterocycles. The molecule has 0 radical (unpaired) electrons. The van der Waals surface area contributed by atoms with Crippen LogP contribution in [0.5, 0.6) is 23.0 Å². The molecule has 0 aliphatic carbocycles. The van der Waals surface area contributed by atoms with E-state index in [0.717, 1.165) is 42.8 Å². The molecule has 0 N–H and O–H groups in total. The molecule has 0 unspecified atom stereocenters. The Bertz CT molecular complexity index is 814. The number of ether oxygens (including phenoxy) is 2. The van der Waals surface area contributed by atoms with Crippen LogP contribution in [0.3, 0.4) is 0 Å². The molecule has 2 aliphatic heterocycles. The molecule has 2 aliphatic rings. The summed E-state index contributed by atoms with van der Waals surface area (Å²) in [6, 6.07) is 12.2. The lowest BCUT2D eigenvalue weighted by atomic mass is 9.84. The fourth-order valence-electron chi connectivity index (χ4n) is 3.81. The SMILES string of the molecule is CCC(C)(CC)CN1CN(C)Cc2cc3c(cc21)Oc1ccccc1O3. The molecule has 4 heteroatoms. The molecule has 0 bridgehead atoms. The first-order valence-electron chi connectivity index (χ1n) is 9.56. The van der Waals surface area contributed by atoms with Crippen molar-refractivity contribution in [2.75, 3.05) is 25.2 Å². The Kier molecular flexibility index (Phi) is 4.31. The molecule has 2 aromatic carbocycles. The smallest absolute Gasteiger partial charge is 0.172 e. The fourth-order valence-corrected chi connectivity index (χ4v) is 3.81. The van der Waals surface area contributed by atoms with Crippen LogP contribution in [0.4, 0.5) is 5.69 Å². The van der Waals surface area contributed by atoms with Crippen LogP contribution in [-0.2, 0) is 6.54 Å². The Balaban J connectivity index is 1.70. The summed E-state index contributed by atoms with van der Waals surface area (Å²) < 4.78 is 12.2. The first-order valence-corrected chi connectivity index (χ1v) is 9.56. The van der Waals surface area contributed by atoms with Gasteiger partial charge in [-0.3, -0.25) is 4.90 Å². The highest BCUT2D eigenvalue weighted by atomic mass is 16.6. The van der Waals surface area contributed by atoms with Crippen molar-refractivity contribution in [1.82, 2.24) is 4.90 Å². The summed E-state index contributed by atoms with van der Waals surface area (Å²) in [7, 11) is 2.18. The van der Waals surface area contributed by atoms with Gasteiger partial charge in [-0.25, -0.2) is 0 Å². The van der Waals surface area contributed by atoms with E-state index in [1.165, 1.54) is 24.1 Å². The second-order valence-electron chi connectivity index (χ2n) is 7.95. The van der Waals surface area contributed by atoms with Gasteiger partial charge in [-0.05, 0) is 49.1 Å². The van der Waals surface area contributed by atoms with Crippen LogP contribution >= 0.6 is 0 Å². The standard InChI is InChI=1S/C22H28N2O2/c1-5-22(3,6-2)14-24-15-23(4)13-16-11-20-21(12-17(16)24)26-19-10-8-7-9-18(19)25-20/h7-12H,5-6,13-15H2,1-4H3. The molecule has 26 heavy (non-hydrogen) atoms. The first kappa shape index (κ1) is 17.2. The van der Waals surface area contributed by atoms with E-state index >= 15 is 0 Å². The number of anilines is 1. The van der Waals surface area contributed by atoms with E-state index in [2.05, 4.69) is 49.8 Å². The maximum absolute atomic E-state index is 6.14. The number of rotatable bonds is 4. The van der Waals surface area contributed by atoms with Gasteiger partial charge in [0.2, 0.25) is 0 Å². The summed E-state index contributed by atoms with van der Waals surface area (Å²) in [5.41, 5.74) is 2.89. The third-order valence-corrected chi connectivity index (χ3v) is 5.91. The van der Waals surface area contributed by atoms with Crippen molar-refractivity contribution in [3.05, 3.63) is 42.0 Å². The lowest BCUT2D eigenvalue weighted by molar-refractivity contribution is 0.253. The van der Waals surface area contributed by atoms with Gasteiger partial charge < -0.3 is 14.4 Å². The van der Waals surface area contributed by atoms with Gasteiger partial charge in [0.05, 0.1) is 6.67 Å². The summed E-state index contributed by atoms with van der Waals surface area (Å²) in [6.07, 6.45) is 2.36. The van der Waals surface area contributed by atoms with Crippen molar-refractivity contribution >= 4 is 5.69 Å². The fraction of sp³-hybridized carbons (Fsp3) is 0.455. The van der Waals surface area contributed by atoms with E-state index in [-0.39, 0.29) is 0 Å². The molecule has 0 spiro atoms. The highest BCUT2D eigenvalue weighted by molar-refractivity contribution is 5.66. The quantitative estimate of drug-likeness (QED) is 0.608. The molecule has 4 rings (SSSR count). The highest BCUT2D eigenvalue weighted by Gasteiger charge is 2.30. The maximum Gasteiger partial charge on any atom is 0.172 e. The summed E-state index contributed by atoms with van der Waals surface area (Å²) >= 11 is 0. The number of hydrogen-bond acceptors (Lipinski definition) is 4. The van der Waals surface area contributed by atoms with Crippen molar-refractivity contribution in [3.63, 3.8) is 0 Å². The van der Waals surface area contributed by atoms with Gasteiger partial charge in [0, 0.05) is 24.8 Å². The van der Waals surface area contributed by atoms with E-state index in [4.69, 9.17) is 9.47 Å². The first-order chi connectivity index (χ1) is 12.5. The second kappa shape index (κ2) is 6.51. The minimum absolute atomic E-state index is 0.315. The third-order valence-electron chi connectivity index (χ3n) is 5.91. The molecule has 2 aromatic rings. The Hall–Kier alpha value is -2.20. The van der Waals surface area contributed by atoms with E-state index < -0.39 is 0 Å². The van der Waals surface area contributed by atoms with Crippen LogP contribution in [0, 0.1) is 5.41 Å². The number of para-hydroxylation sites is 2. The van der Waals surface area contributed by atoms with E-state index in [9.17, 15) is 0 Å². The normalized spacial score (nSPS) is 16.2. The van der Waals surface area contributed by atoms with Gasteiger partial charge in [-0.1, -0.05) is 32.9 Å². The Morgan fingerprint density at radius 3 is 2.19 bits per heavy atom. The van der Waals surface area contributed by atoms with Crippen LogP contribution in [0.15, 0.2) is 36.4 Å². The van der Waals surface area contributed by atoms with E-state index in [1.54, 1.807) is 0 Å². The van der Waals surface area contributed by atoms with E-state index in [1.807, 2.05) is 24.3 Å². The van der Waals surface area contributed by atoms with Crippen LogP contribution in [0.1, 0.15) is 39.2 Å². The summed E-state index contributed by atoms with van der Waals surface area (Å²) in [6.45, 7) is 9.89. The Morgan fingerprint density at radius 2 is 1.58 bits per heavy atom. The molecule has 0 saturated heterocycles. The lowest BCUT2D eigenvalue weighted by Crippen LogP contribution is -2.45. The average Bonchev–Trinajstić information content (AvgIpc) is 2.64. The van der Waals surface area contributed by atoms with Crippen molar-refractivity contribution in [2.45, 2.75) is 40.2 Å². The van der Waals surface area contributed by atoms with Gasteiger partial charge in [0.25, 0.3) is 0 Å². The molecule has 0 amide bonds. The average molecular weight is 352 g/mol. The van der Waals surface area contributed by atoms with Gasteiger partial charge in [-0.2, -0.15) is 0 Å². The monoisotopic (exact) mass is 352 g/mol. The number of fused-ring (bicyclic) bond motifs is 3. The Morgan fingerprint density at radius 1 is 0.962 bits per heavy atom. The molecule has 0 saturated carbocycles. The molecule has 0 fully saturated rings. The van der Waals surface area contributed by atoms with Crippen LogP contribution in [0.2, 0.25) is 0 Å². The summed E-state index contributed by atoms with van der Waals surface area (Å²) in [5.74, 6) is 3.19. The lowest BCUT2D eigenvalue weighted by Gasteiger charge is -2.42. The largest absolute Gasteiger partial charge is 0.449 e. The second-order valence-corrected chi connectivity index (χ2v) is 7.95. The van der Waals surface area contributed by atoms with Crippen molar-refractivity contribution in [2.24, 2.45) is 5.41 Å². The zero-order valence-corrected chi connectivity index (χ0v) is 16.2. The van der Waals surface area contributed by atoms with Gasteiger partial charge in [0.1, 0.15) is 0 Å². The molecule has 138 valence electrons. The van der Waals surface area contributed by atoms with E-state index in [0.29, 0.717) is 5.41 Å². The third kappa shape index (κ3) is 3.03. The van der Waals surface area contributed by atoms with Crippen LogP contribution < -0.4 is 14.4 Å². The van der Waals surface area contributed by atoms with Crippen LogP contribution in [-0.4, -0.2) is 25.2 Å². The van der Waals surface area contributed by atoms with Crippen LogP contribution in [0.25, 0.3) is 0 Å². The topological polar surface area (TPSA) is 24.9 Å². The molecule has 0 atom stereocenters. The molecular weight excluding hydrogens is 324 g/mol. The zero-order valence-electron chi connectivity index (χ0n) is 16.2. The highest BCUT2D eigenvalue weighted by Crippen LogP contribution is 2.48. The minimum atomic E-state index is 0.315. The molecule has 0 aromatic heterocycles. The van der Waals surface area contributed by atoms with Crippen molar-refractivity contribution in [1.29, 1.82) is 0 Å². The molecule has 4 nitrogen and oxygen atoms in total.